The third kappa shape index (κ3) is 3.36. The largest absolute Gasteiger partial charge is 0.335 e. The van der Waals surface area contributed by atoms with E-state index in [0.717, 1.165) is 9.99 Å². The number of carbonyl (C=O) groups excluding carboxylic acids is 1. The maximum absolute atomic E-state index is 12.8. The molecule has 5 nitrogen and oxygen atoms in total. The van der Waals surface area contributed by atoms with Crippen molar-refractivity contribution < 1.29 is 9.72 Å². The molecule has 0 radical (unpaired) electrons. The normalized spacial score (nSPS) is 25.7. The van der Waals surface area contributed by atoms with E-state index in [2.05, 4.69) is 43.4 Å². The number of nitrogens with zero attached hydrogens (tertiary/aromatic N) is 2. The standard InChI is InChI=1S/C15H19IN2O3/c1-9-6-10(2)11(3)17(8-9)15(19)13-7-12(18(20)21)4-5-14(13)16/h4-5,7,9-11H,6,8H2,1-3H3. The Balaban J connectivity index is 2.34. The van der Waals surface area contributed by atoms with E-state index in [9.17, 15) is 14.9 Å². The Morgan fingerprint density at radius 3 is 2.67 bits per heavy atom. The molecule has 0 spiro atoms. The molecular weight excluding hydrogens is 383 g/mol. The van der Waals surface area contributed by atoms with E-state index >= 15 is 0 Å². The molecule has 0 aliphatic carbocycles. The van der Waals surface area contributed by atoms with Gasteiger partial charge in [-0.05, 0) is 53.8 Å². The van der Waals surface area contributed by atoms with Crippen LogP contribution < -0.4 is 0 Å². The molecule has 1 amide bonds. The van der Waals surface area contributed by atoms with Gasteiger partial charge in [-0.25, -0.2) is 0 Å². The average Bonchev–Trinajstić information content (AvgIpc) is 2.42. The van der Waals surface area contributed by atoms with Gasteiger partial charge in [-0.2, -0.15) is 0 Å². The number of nitro benzene ring substituents is 1. The first kappa shape index (κ1) is 16.2. The summed E-state index contributed by atoms with van der Waals surface area (Å²) < 4.78 is 0.751. The Bertz CT molecular complexity index is 576. The van der Waals surface area contributed by atoms with Crippen LogP contribution in [0.3, 0.4) is 0 Å². The van der Waals surface area contributed by atoms with Gasteiger partial charge in [0.05, 0.1) is 10.5 Å². The van der Waals surface area contributed by atoms with Crippen molar-refractivity contribution in [1.82, 2.24) is 4.90 Å². The topological polar surface area (TPSA) is 63.5 Å². The number of carbonyl (C=O) groups is 1. The summed E-state index contributed by atoms with van der Waals surface area (Å²) >= 11 is 2.06. The van der Waals surface area contributed by atoms with Crippen molar-refractivity contribution in [2.75, 3.05) is 6.54 Å². The van der Waals surface area contributed by atoms with Gasteiger partial charge in [-0.3, -0.25) is 14.9 Å². The highest BCUT2D eigenvalue weighted by Crippen LogP contribution is 2.30. The van der Waals surface area contributed by atoms with Crippen LogP contribution in [0.15, 0.2) is 18.2 Å². The third-order valence-corrected chi connectivity index (χ3v) is 5.19. The third-order valence-electron chi connectivity index (χ3n) is 4.25. The van der Waals surface area contributed by atoms with Gasteiger partial charge < -0.3 is 4.90 Å². The molecule has 1 aromatic carbocycles. The Morgan fingerprint density at radius 1 is 1.38 bits per heavy atom. The Morgan fingerprint density at radius 2 is 2.05 bits per heavy atom. The minimum absolute atomic E-state index is 0.0375. The Labute approximate surface area is 138 Å². The van der Waals surface area contributed by atoms with Gasteiger partial charge in [0.1, 0.15) is 0 Å². The summed E-state index contributed by atoms with van der Waals surface area (Å²) in [4.78, 5) is 25.1. The van der Waals surface area contributed by atoms with Crippen LogP contribution in [0.25, 0.3) is 0 Å². The van der Waals surface area contributed by atoms with Crippen molar-refractivity contribution in [2.24, 2.45) is 11.8 Å². The van der Waals surface area contributed by atoms with Gasteiger partial charge in [-0.1, -0.05) is 13.8 Å². The van der Waals surface area contributed by atoms with Gasteiger partial charge in [0.25, 0.3) is 11.6 Å². The molecule has 3 atom stereocenters. The second kappa shape index (κ2) is 6.29. The average molecular weight is 402 g/mol. The predicted molar refractivity (Wildman–Crippen MR) is 89.3 cm³/mol. The summed E-state index contributed by atoms with van der Waals surface area (Å²) in [6.45, 7) is 7.06. The number of non-ortho nitro benzene ring substituents is 1. The molecule has 6 heteroatoms. The molecule has 114 valence electrons. The van der Waals surface area contributed by atoms with E-state index < -0.39 is 4.92 Å². The zero-order valence-electron chi connectivity index (χ0n) is 12.4. The second-order valence-corrected chi connectivity index (χ2v) is 7.10. The molecule has 1 heterocycles. The second-order valence-electron chi connectivity index (χ2n) is 5.94. The first-order valence-electron chi connectivity index (χ1n) is 7.06. The van der Waals surface area contributed by atoms with Gasteiger partial charge >= 0.3 is 0 Å². The van der Waals surface area contributed by atoms with Crippen molar-refractivity contribution in [3.8, 4) is 0 Å². The summed E-state index contributed by atoms with van der Waals surface area (Å²) in [7, 11) is 0. The molecule has 1 fully saturated rings. The lowest BCUT2D eigenvalue weighted by molar-refractivity contribution is -0.384. The predicted octanol–water partition coefficient (Wildman–Crippen LogP) is 3.71. The molecule has 0 aromatic heterocycles. The van der Waals surface area contributed by atoms with Gasteiger partial charge in [0.2, 0.25) is 0 Å². The van der Waals surface area contributed by atoms with Crippen LogP contribution in [-0.4, -0.2) is 28.3 Å². The highest BCUT2D eigenvalue weighted by molar-refractivity contribution is 14.1. The Kier molecular flexibility index (Phi) is 4.85. The number of piperidine rings is 1. The molecule has 1 aliphatic heterocycles. The maximum Gasteiger partial charge on any atom is 0.270 e. The highest BCUT2D eigenvalue weighted by Gasteiger charge is 2.33. The van der Waals surface area contributed by atoms with E-state index in [1.54, 1.807) is 6.07 Å². The monoisotopic (exact) mass is 402 g/mol. The zero-order valence-corrected chi connectivity index (χ0v) is 14.5. The smallest absolute Gasteiger partial charge is 0.270 e. The summed E-state index contributed by atoms with van der Waals surface area (Å²) in [5.74, 6) is 0.791. The van der Waals surface area contributed by atoms with E-state index in [1.807, 2.05) is 4.90 Å². The van der Waals surface area contributed by atoms with Crippen molar-refractivity contribution >= 4 is 34.2 Å². The van der Waals surface area contributed by atoms with E-state index in [-0.39, 0.29) is 17.6 Å². The molecule has 0 bridgehead atoms. The van der Waals surface area contributed by atoms with Crippen molar-refractivity contribution in [3.05, 3.63) is 37.4 Å². The van der Waals surface area contributed by atoms with E-state index in [1.165, 1.54) is 12.1 Å². The molecule has 1 saturated heterocycles. The van der Waals surface area contributed by atoms with Crippen LogP contribution in [0.5, 0.6) is 0 Å². The molecular formula is C15H19IN2O3. The van der Waals surface area contributed by atoms with Crippen LogP contribution >= 0.6 is 22.6 Å². The first-order valence-corrected chi connectivity index (χ1v) is 8.14. The lowest BCUT2D eigenvalue weighted by Gasteiger charge is -2.41. The minimum atomic E-state index is -0.461. The molecule has 1 aliphatic rings. The van der Waals surface area contributed by atoms with Gasteiger partial charge in [0.15, 0.2) is 0 Å². The maximum atomic E-state index is 12.8. The Hall–Kier alpha value is -1.18. The number of nitro groups is 1. The lowest BCUT2D eigenvalue weighted by Crippen LogP contribution is -2.49. The SMILES string of the molecule is CC1CC(C)C(C)N(C(=O)c2cc([N+](=O)[O-])ccc2I)C1. The van der Waals surface area contributed by atoms with Crippen LogP contribution in [-0.2, 0) is 0 Å². The molecule has 1 aromatic rings. The van der Waals surface area contributed by atoms with Crippen LogP contribution in [0.2, 0.25) is 0 Å². The van der Waals surface area contributed by atoms with Gasteiger partial charge in [0, 0.05) is 28.3 Å². The summed E-state index contributed by atoms with van der Waals surface area (Å²) in [5, 5.41) is 10.9. The van der Waals surface area contributed by atoms with E-state index in [0.29, 0.717) is 23.9 Å². The fraction of sp³-hybridized carbons (Fsp3) is 0.533. The quantitative estimate of drug-likeness (QED) is 0.431. The molecule has 2 rings (SSSR count). The fourth-order valence-electron chi connectivity index (χ4n) is 2.93. The summed E-state index contributed by atoms with van der Waals surface area (Å²) in [6, 6.07) is 4.61. The number of benzene rings is 1. The van der Waals surface area contributed by atoms with Crippen LogP contribution in [0, 0.1) is 25.5 Å². The van der Waals surface area contributed by atoms with Crippen LogP contribution in [0.4, 0.5) is 5.69 Å². The van der Waals surface area contributed by atoms with Crippen molar-refractivity contribution in [2.45, 2.75) is 33.2 Å². The van der Waals surface area contributed by atoms with Crippen molar-refractivity contribution in [1.29, 1.82) is 0 Å². The number of hydrogen-bond donors (Lipinski definition) is 0. The molecule has 0 saturated carbocycles. The molecule has 0 N–H and O–H groups in total. The van der Waals surface area contributed by atoms with Crippen molar-refractivity contribution in [3.63, 3.8) is 0 Å². The number of amides is 1. The summed E-state index contributed by atoms with van der Waals surface area (Å²) in [5.41, 5.74) is 0.391. The number of hydrogen-bond acceptors (Lipinski definition) is 3. The lowest BCUT2D eigenvalue weighted by atomic mass is 9.85. The van der Waals surface area contributed by atoms with E-state index in [4.69, 9.17) is 0 Å². The molecule has 21 heavy (non-hydrogen) atoms. The fourth-order valence-corrected chi connectivity index (χ4v) is 3.49. The number of likely N-dealkylation sites (tertiary alicyclic amines) is 1. The zero-order chi connectivity index (χ0) is 15.7. The number of halogens is 1. The summed E-state index contributed by atoms with van der Waals surface area (Å²) in [6.07, 6.45) is 1.11. The minimum Gasteiger partial charge on any atom is -0.335 e. The number of rotatable bonds is 2. The van der Waals surface area contributed by atoms with Crippen LogP contribution in [0.1, 0.15) is 37.6 Å². The highest BCUT2D eigenvalue weighted by atomic mass is 127. The van der Waals surface area contributed by atoms with Gasteiger partial charge in [-0.15, -0.1) is 0 Å². The first-order chi connectivity index (χ1) is 9.81. The molecule has 3 unspecified atom stereocenters.